The summed E-state index contributed by atoms with van der Waals surface area (Å²) in [5, 5.41) is 4.55. The number of hydrogen-bond acceptors (Lipinski definition) is 4. The first-order valence-corrected chi connectivity index (χ1v) is 9.86. The van der Waals surface area contributed by atoms with Crippen molar-refractivity contribution >= 4 is 16.9 Å². The molecule has 28 heavy (non-hydrogen) atoms. The summed E-state index contributed by atoms with van der Waals surface area (Å²) in [7, 11) is 1.94. The van der Waals surface area contributed by atoms with E-state index in [9.17, 15) is 0 Å². The van der Waals surface area contributed by atoms with Crippen LogP contribution in [0.5, 0.6) is 0 Å². The van der Waals surface area contributed by atoms with Gasteiger partial charge in [0.2, 0.25) is 0 Å². The van der Waals surface area contributed by atoms with Crippen LogP contribution in [-0.2, 0) is 13.6 Å². The normalized spacial score (nSPS) is 16.9. The number of imidazole rings is 1. The summed E-state index contributed by atoms with van der Waals surface area (Å²) >= 11 is 0. The summed E-state index contributed by atoms with van der Waals surface area (Å²) in [4.78, 5) is 12.1. The van der Waals surface area contributed by atoms with Gasteiger partial charge in [0.1, 0.15) is 11.6 Å². The first-order chi connectivity index (χ1) is 13.7. The lowest BCUT2D eigenvalue weighted by molar-refractivity contribution is 0.716. The fraction of sp³-hybridized carbons (Fsp3) is 0.318. The lowest BCUT2D eigenvalue weighted by atomic mass is 10.2. The fourth-order valence-corrected chi connectivity index (χ4v) is 4.13. The van der Waals surface area contributed by atoms with Crippen molar-refractivity contribution in [1.29, 1.82) is 0 Å². The van der Waals surface area contributed by atoms with Crippen LogP contribution in [0.1, 0.15) is 25.5 Å². The molecule has 1 aliphatic rings. The standard InChI is InChI=1S/C22H24N6/c1-16-6-5-12-27(16)21-10-9-17(14-23-21)22-24-19-7-3-4-8-20(19)28(22)15-18-11-13-26(2)25-18/h3-4,7-11,13-14,16H,5-6,12,15H2,1-2H3/t16-/m0/s1. The van der Waals surface area contributed by atoms with Crippen molar-refractivity contribution in [1.82, 2.24) is 24.3 Å². The van der Waals surface area contributed by atoms with E-state index in [0.717, 1.165) is 40.5 Å². The maximum Gasteiger partial charge on any atom is 0.143 e. The van der Waals surface area contributed by atoms with Crippen molar-refractivity contribution in [3.8, 4) is 11.4 Å². The van der Waals surface area contributed by atoms with Crippen LogP contribution in [0.25, 0.3) is 22.4 Å². The van der Waals surface area contributed by atoms with Crippen molar-refractivity contribution < 1.29 is 0 Å². The molecule has 142 valence electrons. The third kappa shape index (κ3) is 2.95. The van der Waals surface area contributed by atoms with Gasteiger partial charge in [0.25, 0.3) is 0 Å². The van der Waals surface area contributed by atoms with E-state index in [1.807, 2.05) is 30.2 Å². The summed E-state index contributed by atoms with van der Waals surface area (Å²) < 4.78 is 4.06. The van der Waals surface area contributed by atoms with Crippen molar-refractivity contribution in [2.45, 2.75) is 32.4 Å². The molecule has 1 saturated heterocycles. The highest BCUT2D eigenvalue weighted by Gasteiger charge is 2.22. The summed E-state index contributed by atoms with van der Waals surface area (Å²) in [6.45, 7) is 4.04. The van der Waals surface area contributed by atoms with Crippen molar-refractivity contribution in [3.63, 3.8) is 0 Å². The van der Waals surface area contributed by atoms with Crippen LogP contribution >= 0.6 is 0 Å². The molecule has 0 saturated carbocycles. The van der Waals surface area contributed by atoms with Gasteiger partial charge in [-0.15, -0.1) is 0 Å². The smallest absolute Gasteiger partial charge is 0.143 e. The van der Waals surface area contributed by atoms with Crippen LogP contribution in [0.3, 0.4) is 0 Å². The van der Waals surface area contributed by atoms with Gasteiger partial charge in [-0.2, -0.15) is 5.10 Å². The van der Waals surface area contributed by atoms with Crippen LogP contribution in [0.15, 0.2) is 54.9 Å². The lowest BCUT2D eigenvalue weighted by Gasteiger charge is -2.22. The van der Waals surface area contributed by atoms with Gasteiger partial charge in [-0.25, -0.2) is 9.97 Å². The molecule has 5 rings (SSSR count). The minimum atomic E-state index is 0.562. The molecule has 1 atom stereocenters. The number of hydrogen-bond donors (Lipinski definition) is 0. The van der Waals surface area contributed by atoms with Crippen molar-refractivity contribution in [2.75, 3.05) is 11.4 Å². The predicted molar refractivity (Wildman–Crippen MR) is 111 cm³/mol. The van der Waals surface area contributed by atoms with Crippen LogP contribution in [0.4, 0.5) is 5.82 Å². The topological polar surface area (TPSA) is 51.8 Å². The van der Waals surface area contributed by atoms with E-state index in [1.54, 1.807) is 0 Å². The van der Waals surface area contributed by atoms with Crippen molar-refractivity contribution in [2.24, 2.45) is 7.05 Å². The number of para-hydroxylation sites is 2. The first kappa shape index (κ1) is 17.0. The molecule has 0 radical (unpaired) electrons. The van der Waals surface area contributed by atoms with E-state index in [0.29, 0.717) is 12.6 Å². The minimum absolute atomic E-state index is 0.562. The quantitative estimate of drug-likeness (QED) is 0.546. The molecule has 0 aliphatic carbocycles. The molecule has 1 fully saturated rings. The van der Waals surface area contributed by atoms with E-state index in [2.05, 4.69) is 57.9 Å². The SMILES string of the molecule is C[C@H]1CCCN1c1ccc(-c2nc3ccccc3n2Cc2ccn(C)n2)cn1. The second-order valence-corrected chi connectivity index (χ2v) is 7.58. The van der Waals surface area contributed by atoms with Crippen LogP contribution in [-0.4, -0.2) is 36.9 Å². The second kappa shape index (κ2) is 6.78. The monoisotopic (exact) mass is 372 g/mol. The van der Waals surface area contributed by atoms with Crippen LogP contribution in [0.2, 0.25) is 0 Å². The Bertz CT molecular complexity index is 1110. The molecule has 6 nitrogen and oxygen atoms in total. The Hall–Kier alpha value is -3.15. The number of fused-ring (bicyclic) bond motifs is 1. The summed E-state index contributed by atoms with van der Waals surface area (Å²) in [5.41, 5.74) is 4.15. The molecular formula is C22H24N6. The Labute approximate surface area is 164 Å². The number of aromatic nitrogens is 5. The third-order valence-corrected chi connectivity index (χ3v) is 5.60. The molecular weight excluding hydrogens is 348 g/mol. The maximum absolute atomic E-state index is 4.90. The molecule has 1 aromatic carbocycles. The van der Waals surface area contributed by atoms with Gasteiger partial charge in [-0.05, 0) is 50.1 Å². The Morgan fingerprint density at radius 3 is 2.71 bits per heavy atom. The zero-order chi connectivity index (χ0) is 19.1. The van der Waals surface area contributed by atoms with E-state index in [1.165, 1.54) is 12.8 Å². The number of pyridine rings is 1. The Balaban J connectivity index is 1.55. The van der Waals surface area contributed by atoms with Crippen molar-refractivity contribution in [3.05, 3.63) is 60.6 Å². The van der Waals surface area contributed by atoms with E-state index in [-0.39, 0.29) is 0 Å². The van der Waals surface area contributed by atoms with E-state index in [4.69, 9.17) is 9.97 Å². The molecule has 0 amide bonds. The van der Waals surface area contributed by atoms with E-state index < -0.39 is 0 Å². The van der Waals surface area contributed by atoms with Gasteiger partial charge in [0.05, 0.1) is 23.3 Å². The van der Waals surface area contributed by atoms with Crippen LogP contribution in [0, 0.1) is 0 Å². The molecule has 4 heterocycles. The van der Waals surface area contributed by atoms with Gasteiger partial charge in [0.15, 0.2) is 0 Å². The number of aryl methyl sites for hydroxylation is 1. The lowest BCUT2D eigenvalue weighted by Crippen LogP contribution is -2.26. The van der Waals surface area contributed by atoms with Gasteiger partial charge in [-0.1, -0.05) is 12.1 Å². The molecule has 0 N–H and O–H groups in total. The minimum Gasteiger partial charge on any atom is -0.354 e. The third-order valence-electron chi connectivity index (χ3n) is 5.60. The number of nitrogens with zero attached hydrogens (tertiary/aromatic N) is 6. The Morgan fingerprint density at radius 2 is 2.00 bits per heavy atom. The van der Waals surface area contributed by atoms with Gasteiger partial charge < -0.3 is 9.47 Å². The highest BCUT2D eigenvalue weighted by atomic mass is 15.3. The second-order valence-electron chi connectivity index (χ2n) is 7.58. The average Bonchev–Trinajstić information content (AvgIpc) is 3.42. The zero-order valence-corrected chi connectivity index (χ0v) is 16.3. The predicted octanol–water partition coefficient (Wildman–Crippen LogP) is 3.87. The number of anilines is 1. The largest absolute Gasteiger partial charge is 0.354 e. The van der Waals surface area contributed by atoms with Gasteiger partial charge in [0, 0.05) is 37.6 Å². The Kier molecular flexibility index (Phi) is 4.11. The Morgan fingerprint density at radius 1 is 1.11 bits per heavy atom. The molecule has 0 spiro atoms. The highest BCUT2D eigenvalue weighted by molar-refractivity contribution is 5.80. The number of rotatable bonds is 4. The molecule has 1 aliphatic heterocycles. The molecule has 0 bridgehead atoms. The van der Waals surface area contributed by atoms with Gasteiger partial charge in [-0.3, -0.25) is 4.68 Å². The summed E-state index contributed by atoms with van der Waals surface area (Å²) in [6, 6.07) is 15.1. The summed E-state index contributed by atoms with van der Waals surface area (Å²) in [6.07, 6.45) is 6.41. The molecule has 6 heteroatoms. The van der Waals surface area contributed by atoms with Gasteiger partial charge >= 0.3 is 0 Å². The number of benzene rings is 1. The molecule has 4 aromatic rings. The zero-order valence-electron chi connectivity index (χ0n) is 16.3. The highest BCUT2D eigenvalue weighted by Crippen LogP contribution is 2.28. The summed E-state index contributed by atoms with van der Waals surface area (Å²) in [5.74, 6) is 1.99. The maximum atomic E-state index is 4.90. The fourth-order valence-electron chi connectivity index (χ4n) is 4.13. The molecule has 3 aromatic heterocycles. The van der Waals surface area contributed by atoms with E-state index >= 15 is 0 Å². The average molecular weight is 372 g/mol. The van der Waals surface area contributed by atoms with Crippen LogP contribution < -0.4 is 4.90 Å². The first-order valence-electron chi connectivity index (χ1n) is 9.86. The molecule has 0 unspecified atom stereocenters.